The molecule has 1 N–H and O–H groups in total. The number of ether oxygens (including phenoxy) is 1. The lowest BCUT2D eigenvalue weighted by molar-refractivity contribution is 0.306. The van der Waals surface area contributed by atoms with Gasteiger partial charge < -0.3 is 22.8 Å². The van der Waals surface area contributed by atoms with E-state index in [-0.39, 0.29) is 12.4 Å². The minimum absolute atomic E-state index is 0.153. The second kappa shape index (κ2) is 5.26. The molecule has 2 aromatic carbocycles. The maximum absolute atomic E-state index is 12.4. The second-order valence-electron chi connectivity index (χ2n) is 4.10. The summed E-state index contributed by atoms with van der Waals surface area (Å²) in [7, 11) is 0. The number of aromatic hydroxyl groups is 1. The van der Waals surface area contributed by atoms with Gasteiger partial charge in [0.05, 0.1) is 0 Å². The molecule has 0 radical (unpaired) electrons. The van der Waals surface area contributed by atoms with Crippen molar-refractivity contribution in [1.29, 1.82) is 0 Å². The van der Waals surface area contributed by atoms with Gasteiger partial charge in [-0.15, -0.1) is 5.46 Å². The van der Waals surface area contributed by atoms with Crippen LogP contribution in [0.15, 0.2) is 48.5 Å². The molecule has 0 bridgehead atoms. The van der Waals surface area contributed by atoms with E-state index in [0.29, 0.717) is 5.75 Å². The molecular formula is C13H11BF3O2-. The lowest BCUT2D eigenvalue weighted by Crippen LogP contribution is -2.33. The van der Waals surface area contributed by atoms with Crippen LogP contribution in [0.2, 0.25) is 0 Å². The van der Waals surface area contributed by atoms with E-state index in [1.807, 2.05) is 0 Å². The molecule has 2 nitrogen and oxygen atoms in total. The average molecular weight is 267 g/mol. The molecule has 0 saturated carbocycles. The standard InChI is InChI=1S/C13H11BF3O2/c15-14(16,17)11-3-7-13(8-4-11)19-9-10-1-5-12(18)6-2-10/h1-8,18H,9H2/q-1. The maximum atomic E-state index is 12.4. The van der Waals surface area contributed by atoms with E-state index >= 15 is 0 Å². The average Bonchev–Trinajstić information content (AvgIpc) is 2.37. The molecule has 0 atom stereocenters. The van der Waals surface area contributed by atoms with E-state index in [2.05, 4.69) is 0 Å². The van der Waals surface area contributed by atoms with Crippen molar-refractivity contribution in [1.82, 2.24) is 0 Å². The second-order valence-corrected chi connectivity index (χ2v) is 4.10. The van der Waals surface area contributed by atoms with Crippen molar-refractivity contribution in [2.45, 2.75) is 6.61 Å². The summed E-state index contributed by atoms with van der Waals surface area (Å²) < 4.78 is 42.6. The summed E-state index contributed by atoms with van der Waals surface area (Å²) in [6, 6.07) is 11.0. The van der Waals surface area contributed by atoms with Crippen LogP contribution in [-0.4, -0.2) is 12.1 Å². The zero-order valence-electron chi connectivity index (χ0n) is 9.89. The quantitative estimate of drug-likeness (QED) is 0.863. The highest BCUT2D eigenvalue weighted by atomic mass is 19.4. The van der Waals surface area contributed by atoms with Crippen molar-refractivity contribution >= 4 is 12.4 Å². The van der Waals surface area contributed by atoms with E-state index in [1.54, 1.807) is 12.1 Å². The van der Waals surface area contributed by atoms with Crippen LogP contribution >= 0.6 is 0 Å². The largest absolute Gasteiger partial charge is 0.509 e. The Labute approximate surface area is 108 Å². The first-order valence-electron chi connectivity index (χ1n) is 5.66. The predicted molar refractivity (Wildman–Crippen MR) is 67.6 cm³/mol. The summed E-state index contributed by atoms with van der Waals surface area (Å²) in [6.45, 7) is -4.73. The number of rotatable bonds is 4. The summed E-state index contributed by atoms with van der Waals surface area (Å²) in [5.74, 6) is 0.525. The van der Waals surface area contributed by atoms with Gasteiger partial charge in [0.25, 0.3) is 0 Å². The monoisotopic (exact) mass is 267 g/mol. The van der Waals surface area contributed by atoms with Gasteiger partial charge in [-0.05, 0) is 29.8 Å². The molecule has 0 saturated heterocycles. The van der Waals surface area contributed by atoms with Crippen LogP contribution in [-0.2, 0) is 6.61 Å². The zero-order chi connectivity index (χ0) is 13.9. The Balaban J connectivity index is 1.98. The highest BCUT2D eigenvalue weighted by Crippen LogP contribution is 2.16. The van der Waals surface area contributed by atoms with Crippen molar-refractivity contribution in [3.05, 3.63) is 54.1 Å². The van der Waals surface area contributed by atoms with Crippen LogP contribution in [0.5, 0.6) is 11.5 Å². The first-order chi connectivity index (χ1) is 8.95. The first kappa shape index (κ1) is 13.3. The molecule has 19 heavy (non-hydrogen) atoms. The number of hydrogen-bond donors (Lipinski definition) is 1. The van der Waals surface area contributed by atoms with Crippen LogP contribution in [0.1, 0.15) is 5.56 Å². The topological polar surface area (TPSA) is 29.5 Å². The molecule has 0 amide bonds. The first-order valence-corrected chi connectivity index (χ1v) is 5.66. The van der Waals surface area contributed by atoms with Crippen molar-refractivity contribution in [2.75, 3.05) is 0 Å². The molecule has 0 fully saturated rings. The van der Waals surface area contributed by atoms with Gasteiger partial charge in [-0.2, -0.15) is 0 Å². The van der Waals surface area contributed by atoms with E-state index in [9.17, 15) is 12.9 Å². The Morgan fingerprint density at radius 1 is 0.895 bits per heavy atom. The summed E-state index contributed by atoms with van der Waals surface area (Å²) in [5.41, 5.74) is 0.180. The van der Waals surface area contributed by atoms with Gasteiger partial charge in [-0.25, -0.2) is 0 Å². The van der Waals surface area contributed by atoms with E-state index in [4.69, 9.17) is 9.84 Å². The molecular weight excluding hydrogens is 256 g/mol. The van der Waals surface area contributed by atoms with Gasteiger partial charge in [0, 0.05) is 0 Å². The third-order valence-electron chi connectivity index (χ3n) is 2.60. The minimum atomic E-state index is -4.97. The molecule has 0 aliphatic rings. The van der Waals surface area contributed by atoms with Gasteiger partial charge >= 0.3 is 6.98 Å². The Bertz CT molecular complexity index is 535. The molecule has 100 valence electrons. The van der Waals surface area contributed by atoms with Gasteiger partial charge in [-0.1, -0.05) is 24.3 Å². The highest BCUT2D eigenvalue weighted by Gasteiger charge is 2.24. The molecule has 0 unspecified atom stereocenters. The molecule has 2 rings (SSSR count). The van der Waals surface area contributed by atoms with Crippen LogP contribution in [0.4, 0.5) is 12.9 Å². The number of halogens is 3. The molecule has 0 spiro atoms. The lowest BCUT2D eigenvalue weighted by Gasteiger charge is -2.15. The van der Waals surface area contributed by atoms with Gasteiger partial charge in [0.2, 0.25) is 0 Å². The number of phenolic OH excluding ortho intramolecular Hbond substituents is 1. The number of phenols is 1. The van der Waals surface area contributed by atoms with Crippen molar-refractivity contribution in [3.8, 4) is 11.5 Å². The predicted octanol–water partition coefficient (Wildman–Crippen LogP) is 3.03. The van der Waals surface area contributed by atoms with Crippen molar-refractivity contribution < 1.29 is 22.8 Å². The Morgan fingerprint density at radius 3 is 2.00 bits per heavy atom. The fourth-order valence-electron chi connectivity index (χ4n) is 1.54. The molecule has 0 aliphatic carbocycles. The highest BCUT2D eigenvalue weighted by molar-refractivity contribution is 6.73. The van der Waals surface area contributed by atoms with Crippen molar-refractivity contribution in [2.24, 2.45) is 0 Å². The van der Waals surface area contributed by atoms with Crippen LogP contribution in [0.3, 0.4) is 0 Å². The van der Waals surface area contributed by atoms with Crippen molar-refractivity contribution in [3.63, 3.8) is 0 Å². The number of benzene rings is 2. The SMILES string of the molecule is Oc1ccc(COc2ccc([B-](F)(F)F)cc2)cc1. The van der Waals surface area contributed by atoms with Gasteiger partial charge in [0.1, 0.15) is 18.1 Å². The minimum Gasteiger partial charge on any atom is -0.508 e. The van der Waals surface area contributed by atoms with Gasteiger partial charge in [-0.3, -0.25) is 0 Å². The summed E-state index contributed by atoms with van der Waals surface area (Å²) in [4.78, 5) is 0. The lowest BCUT2D eigenvalue weighted by atomic mass is 9.80. The van der Waals surface area contributed by atoms with Gasteiger partial charge in [0.15, 0.2) is 0 Å². The summed E-state index contributed by atoms with van der Waals surface area (Å²) in [6.07, 6.45) is 0. The zero-order valence-corrected chi connectivity index (χ0v) is 9.89. The summed E-state index contributed by atoms with van der Waals surface area (Å²) in [5, 5.41) is 9.10. The van der Waals surface area contributed by atoms with Crippen LogP contribution < -0.4 is 10.2 Å². The Kier molecular flexibility index (Phi) is 3.69. The molecule has 0 heterocycles. The third-order valence-corrected chi connectivity index (χ3v) is 2.60. The third kappa shape index (κ3) is 3.68. The number of hydrogen-bond acceptors (Lipinski definition) is 2. The summed E-state index contributed by atoms with van der Waals surface area (Å²) >= 11 is 0. The normalized spacial score (nSPS) is 11.3. The van der Waals surface area contributed by atoms with E-state index < -0.39 is 12.4 Å². The Morgan fingerprint density at radius 2 is 1.47 bits per heavy atom. The fraction of sp³-hybridized carbons (Fsp3) is 0.0769. The maximum Gasteiger partial charge on any atom is 0.509 e. The molecule has 6 heteroatoms. The van der Waals surface area contributed by atoms with E-state index in [0.717, 1.165) is 17.7 Å². The smallest absolute Gasteiger partial charge is 0.508 e. The Hall–Kier alpha value is -2.11. The molecule has 2 aromatic rings. The molecule has 0 aromatic heterocycles. The van der Waals surface area contributed by atoms with Crippen LogP contribution in [0.25, 0.3) is 0 Å². The van der Waals surface area contributed by atoms with E-state index in [1.165, 1.54) is 24.3 Å². The molecule has 0 aliphatic heterocycles. The van der Waals surface area contributed by atoms with Crippen LogP contribution in [0, 0.1) is 0 Å². The fourth-order valence-corrected chi connectivity index (χ4v) is 1.54.